The standard InChI is InChI=1S/C32H42N6O2/c1-2-39-24-27(38-25-35-31-23-34-30-15-11-10-14-29(30)32(31)38)22-26-16-18-28(19-17-26)40-21-13-9-7-5-3-4-6-8-12-20-36-37-33/h10-11,14-19,23,25,27H,2-9,12-13,20-22,24H2,1H3/t27-/m0/s1. The Hall–Kier alpha value is -3.61. The molecule has 0 radical (unpaired) electrons. The normalized spacial score (nSPS) is 12.0. The highest BCUT2D eigenvalue weighted by Gasteiger charge is 2.17. The third kappa shape index (κ3) is 8.70. The van der Waals surface area contributed by atoms with Crippen molar-refractivity contribution in [2.24, 2.45) is 5.11 Å². The van der Waals surface area contributed by atoms with Crippen LogP contribution in [0.5, 0.6) is 5.75 Å². The molecule has 0 aliphatic heterocycles. The number of hydrogen-bond acceptors (Lipinski definition) is 5. The fraction of sp³-hybridized carbons (Fsp3) is 0.500. The largest absolute Gasteiger partial charge is 0.494 e. The van der Waals surface area contributed by atoms with Crippen molar-refractivity contribution in [1.82, 2.24) is 14.5 Å². The third-order valence-electron chi connectivity index (χ3n) is 7.34. The number of hydrogen-bond donors (Lipinski definition) is 0. The highest BCUT2D eigenvalue weighted by Crippen LogP contribution is 2.28. The second-order valence-corrected chi connectivity index (χ2v) is 10.3. The highest BCUT2D eigenvalue weighted by molar-refractivity contribution is 6.02. The van der Waals surface area contributed by atoms with Gasteiger partial charge in [0, 0.05) is 23.4 Å². The van der Waals surface area contributed by atoms with E-state index in [0.29, 0.717) is 19.8 Å². The Morgan fingerprint density at radius 3 is 2.35 bits per heavy atom. The number of azide groups is 1. The number of nitrogens with zero attached hydrogens (tertiary/aromatic N) is 6. The van der Waals surface area contributed by atoms with Crippen LogP contribution in [-0.2, 0) is 11.2 Å². The van der Waals surface area contributed by atoms with Gasteiger partial charge in [-0.3, -0.25) is 4.98 Å². The molecule has 40 heavy (non-hydrogen) atoms. The van der Waals surface area contributed by atoms with Crippen LogP contribution in [0.2, 0.25) is 0 Å². The lowest BCUT2D eigenvalue weighted by Crippen LogP contribution is -2.18. The molecule has 0 saturated carbocycles. The molecule has 0 aliphatic rings. The maximum Gasteiger partial charge on any atom is 0.119 e. The first-order valence-corrected chi connectivity index (χ1v) is 14.8. The lowest BCUT2D eigenvalue weighted by Gasteiger charge is -2.20. The summed E-state index contributed by atoms with van der Waals surface area (Å²) in [6.07, 6.45) is 15.4. The first-order valence-electron chi connectivity index (χ1n) is 14.8. The summed E-state index contributed by atoms with van der Waals surface area (Å²) in [5.41, 5.74) is 12.5. The number of fused-ring (bicyclic) bond motifs is 3. The summed E-state index contributed by atoms with van der Waals surface area (Å²) in [5, 5.41) is 4.69. The van der Waals surface area contributed by atoms with Gasteiger partial charge in [-0.2, -0.15) is 0 Å². The number of aromatic nitrogens is 3. The minimum absolute atomic E-state index is 0.125. The minimum atomic E-state index is 0.125. The van der Waals surface area contributed by atoms with Crippen LogP contribution < -0.4 is 4.74 Å². The molecule has 0 aliphatic carbocycles. The third-order valence-corrected chi connectivity index (χ3v) is 7.34. The van der Waals surface area contributed by atoms with E-state index in [2.05, 4.69) is 61.0 Å². The van der Waals surface area contributed by atoms with Crippen LogP contribution in [0.1, 0.15) is 76.3 Å². The van der Waals surface area contributed by atoms with Crippen molar-refractivity contribution in [3.63, 3.8) is 0 Å². The van der Waals surface area contributed by atoms with E-state index >= 15 is 0 Å². The molecule has 1 atom stereocenters. The molecule has 0 fully saturated rings. The van der Waals surface area contributed by atoms with Gasteiger partial charge >= 0.3 is 0 Å². The van der Waals surface area contributed by atoms with Gasteiger partial charge in [-0.25, -0.2) is 4.98 Å². The Morgan fingerprint density at radius 1 is 0.875 bits per heavy atom. The smallest absolute Gasteiger partial charge is 0.119 e. The molecule has 0 saturated heterocycles. The van der Waals surface area contributed by atoms with Crippen LogP contribution in [0.3, 0.4) is 0 Å². The fourth-order valence-electron chi connectivity index (χ4n) is 5.18. The van der Waals surface area contributed by atoms with Crippen LogP contribution in [0.15, 0.2) is 66.2 Å². The number of imidazole rings is 1. The second-order valence-electron chi connectivity index (χ2n) is 10.3. The summed E-state index contributed by atoms with van der Waals surface area (Å²) in [7, 11) is 0. The predicted molar refractivity (Wildman–Crippen MR) is 162 cm³/mol. The van der Waals surface area contributed by atoms with Crippen molar-refractivity contribution in [2.45, 2.75) is 77.2 Å². The van der Waals surface area contributed by atoms with Gasteiger partial charge in [0.15, 0.2) is 0 Å². The van der Waals surface area contributed by atoms with E-state index in [1.807, 2.05) is 31.6 Å². The molecule has 4 aromatic rings. The first kappa shape index (κ1) is 29.4. The van der Waals surface area contributed by atoms with Crippen LogP contribution in [-0.4, -0.2) is 40.9 Å². The number of pyridine rings is 1. The molecule has 4 rings (SSSR count). The number of benzene rings is 2. The molecule has 0 amide bonds. The van der Waals surface area contributed by atoms with E-state index in [1.54, 1.807) is 0 Å². The minimum Gasteiger partial charge on any atom is -0.494 e. The molecular formula is C32H42N6O2. The van der Waals surface area contributed by atoms with E-state index in [1.165, 1.54) is 44.1 Å². The molecule has 0 spiro atoms. The Bertz CT molecular complexity index is 1350. The van der Waals surface area contributed by atoms with Gasteiger partial charge in [-0.15, -0.1) is 0 Å². The van der Waals surface area contributed by atoms with Crippen molar-refractivity contribution in [3.05, 3.63) is 77.1 Å². The lowest BCUT2D eigenvalue weighted by atomic mass is 10.1. The molecule has 0 unspecified atom stereocenters. The molecule has 212 valence electrons. The van der Waals surface area contributed by atoms with Gasteiger partial charge in [-0.05, 0) is 55.5 Å². The second kappa shape index (κ2) is 16.5. The van der Waals surface area contributed by atoms with E-state index in [4.69, 9.17) is 15.0 Å². The zero-order valence-electron chi connectivity index (χ0n) is 23.8. The zero-order chi connectivity index (χ0) is 27.8. The molecular weight excluding hydrogens is 500 g/mol. The van der Waals surface area contributed by atoms with E-state index < -0.39 is 0 Å². The summed E-state index contributed by atoms with van der Waals surface area (Å²) in [4.78, 5) is 12.0. The lowest BCUT2D eigenvalue weighted by molar-refractivity contribution is 0.114. The Balaban J connectivity index is 1.22. The monoisotopic (exact) mass is 542 g/mol. The Kier molecular flexibility index (Phi) is 12.1. The summed E-state index contributed by atoms with van der Waals surface area (Å²) in [5.74, 6) is 0.927. The van der Waals surface area contributed by atoms with Crippen molar-refractivity contribution < 1.29 is 9.47 Å². The average Bonchev–Trinajstić information content (AvgIpc) is 3.43. The molecule has 2 aromatic carbocycles. The van der Waals surface area contributed by atoms with Gasteiger partial charge in [0.1, 0.15) is 11.3 Å². The molecule has 8 nitrogen and oxygen atoms in total. The quantitative estimate of drug-likeness (QED) is 0.0512. The summed E-state index contributed by atoms with van der Waals surface area (Å²) >= 11 is 0. The van der Waals surface area contributed by atoms with Crippen molar-refractivity contribution in [2.75, 3.05) is 26.4 Å². The van der Waals surface area contributed by atoms with Crippen molar-refractivity contribution >= 4 is 21.9 Å². The van der Waals surface area contributed by atoms with Gasteiger partial charge in [-0.1, -0.05) is 80.4 Å². The number of rotatable bonds is 19. The van der Waals surface area contributed by atoms with E-state index in [9.17, 15) is 0 Å². The highest BCUT2D eigenvalue weighted by atomic mass is 16.5. The fourth-order valence-corrected chi connectivity index (χ4v) is 5.18. The molecule has 0 N–H and O–H groups in total. The maximum atomic E-state index is 8.28. The summed E-state index contributed by atoms with van der Waals surface area (Å²) in [6.45, 7) is 4.72. The SMILES string of the molecule is CCOC[C@H](Cc1ccc(OCCCCCCCCCCCN=[N+]=[N-])cc1)n1cnc2cnc3ccccc3c21. The number of para-hydroxylation sites is 1. The van der Waals surface area contributed by atoms with Gasteiger partial charge in [0.25, 0.3) is 0 Å². The zero-order valence-corrected chi connectivity index (χ0v) is 23.8. The van der Waals surface area contributed by atoms with Crippen molar-refractivity contribution in [1.29, 1.82) is 0 Å². The van der Waals surface area contributed by atoms with Crippen LogP contribution in [0.25, 0.3) is 32.4 Å². The van der Waals surface area contributed by atoms with Gasteiger partial charge in [0.2, 0.25) is 0 Å². The molecule has 2 heterocycles. The van der Waals surface area contributed by atoms with Crippen LogP contribution >= 0.6 is 0 Å². The Labute approximate surface area is 237 Å². The van der Waals surface area contributed by atoms with Gasteiger partial charge in [0.05, 0.1) is 42.8 Å². The van der Waals surface area contributed by atoms with E-state index in [-0.39, 0.29) is 6.04 Å². The summed E-state index contributed by atoms with van der Waals surface area (Å²) < 4.78 is 14.2. The molecule has 2 aromatic heterocycles. The van der Waals surface area contributed by atoms with Gasteiger partial charge < -0.3 is 14.0 Å². The molecule has 0 bridgehead atoms. The number of ether oxygens (including phenoxy) is 2. The van der Waals surface area contributed by atoms with Crippen LogP contribution in [0, 0.1) is 0 Å². The van der Waals surface area contributed by atoms with Crippen LogP contribution in [0.4, 0.5) is 0 Å². The van der Waals surface area contributed by atoms with E-state index in [0.717, 1.165) is 60.0 Å². The maximum absolute atomic E-state index is 8.28. The number of unbranched alkanes of at least 4 members (excludes halogenated alkanes) is 8. The van der Waals surface area contributed by atoms with Crippen molar-refractivity contribution in [3.8, 4) is 5.75 Å². The Morgan fingerprint density at radius 2 is 1.60 bits per heavy atom. The average molecular weight is 543 g/mol. The molecule has 8 heteroatoms. The predicted octanol–water partition coefficient (Wildman–Crippen LogP) is 8.60. The summed E-state index contributed by atoms with van der Waals surface area (Å²) in [6, 6.07) is 16.9. The topological polar surface area (TPSA) is 97.9 Å². The first-order chi connectivity index (χ1) is 19.8.